The molecule has 0 bridgehead atoms. The first-order valence-electron chi connectivity index (χ1n) is 5.74. The van der Waals surface area contributed by atoms with Gasteiger partial charge in [0.1, 0.15) is 0 Å². The van der Waals surface area contributed by atoms with Crippen molar-refractivity contribution in [2.24, 2.45) is 23.7 Å². The molecule has 0 atom stereocenters. The Hall–Kier alpha value is -1.52. The van der Waals surface area contributed by atoms with Crippen LogP contribution in [0.3, 0.4) is 0 Å². The van der Waals surface area contributed by atoms with Crippen LogP contribution < -0.4 is 11.1 Å². The molecule has 1 aromatic rings. The van der Waals surface area contributed by atoms with Crippen LogP contribution in [-0.4, -0.2) is 22.1 Å². The lowest BCUT2D eigenvalue weighted by molar-refractivity contribution is 0.315. The molecule has 0 aliphatic heterocycles. The SMILES string of the molecule is Cn1cncc1CN=C(N)NCC1CCC1. The van der Waals surface area contributed by atoms with Gasteiger partial charge in [-0.3, -0.25) is 0 Å². The molecule has 1 saturated carbocycles. The Morgan fingerprint density at radius 3 is 3.06 bits per heavy atom. The van der Waals surface area contributed by atoms with E-state index in [1.807, 2.05) is 17.8 Å². The minimum Gasteiger partial charge on any atom is -0.370 e. The molecule has 0 unspecified atom stereocenters. The largest absolute Gasteiger partial charge is 0.370 e. The number of aromatic nitrogens is 2. The maximum Gasteiger partial charge on any atom is 0.188 e. The van der Waals surface area contributed by atoms with E-state index in [-0.39, 0.29) is 0 Å². The van der Waals surface area contributed by atoms with Crippen LogP contribution in [0.15, 0.2) is 17.5 Å². The zero-order valence-electron chi connectivity index (χ0n) is 9.69. The van der Waals surface area contributed by atoms with Crippen molar-refractivity contribution in [1.82, 2.24) is 14.9 Å². The molecule has 1 fully saturated rings. The van der Waals surface area contributed by atoms with Crippen LogP contribution in [0.4, 0.5) is 0 Å². The molecule has 2 rings (SSSR count). The molecule has 1 heterocycles. The second-order valence-corrected chi connectivity index (χ2v) is 4.38. The van der Waals surface area contributed by atoms with Crippen molar-refractivity contribution >= 4 is 5.96 Å². The van der Waals surface area contributed by atoms with Crippen LogP contribution in [0.1, 0.15) is 25.0 Å². The molecule has 1 aliphatic rings. The summed E-state index contributed by atoms with van der Waals surface area (Å²) >= 11 is 0. The van der Waals surface area contributed by atoms with Gasteiger partial charge in [0.2, 0.25) is 0 Å². The fourth-order valence-corrected chi connectivity index (χ4v) is 1.70. The van der Waals surface area contributed by atoms with Gasteiger partial charge in [0.25, 0.3) is 0 Å². The highest BCUT2D eigenvalue weighted by atomic mass is 15.1. The first kappa shape index (κ1) is 11.0. The molecule has 0 saturated heterocycles. The van der Waals surface area contributed by atoms with Gasteiger partial charge in [0.05, 0.1) is 24.8 Å². The van der Waals surface area contributed by atoms with E-state index in [2.05, 4.69) is 15.3 Å². The number of nitrogens with one attached hydrogen (secondary N) is 1. The van der Waals surface area contributed by atoms with E-state index in [0.717, 1.165) is 18.2 Å². The van der Waals surface area contributed by atoms with Gasteiger partial charge in [-0.2, -0.15) is 0 Å². The van der Waals surface area contributed by atoms with Gasteiger partial charge in [-0.1, -0.05) is 6.42 Å². The molecule has 3 N–H and O–H groups in total. The molecule has 88 valence electrons. The van der Waals surface area contributed by atoms with E-state index in [4.69, 9.17) is 5.73 Å². The average molecular weight is 221 g/mol. The fourth-order valence-electron chi connectivity index (χ4n) is 1.70. The average Bonchev–Trinajstić information content (AvgIpc) is 2.59. The zero-order chi connectivity index (χ0) is 11.4. The third-order valence-electron chi connectivity index (χ3n) is 3.12. The van der Waals surface area contributed by atoms with Gasteiger partial charge < -0.3 is 15.6 Å². The van der Waals surface area contributed by atoms with Crippen LogP contribution in [0.25, 0.3) is 0 Å². The van der Waals surface area contributed by atoms with Gasteiger partial charge in [-0.05, 0) is 18.8 Å². The number of imidazole rings is 1. The Morgan fingerprint density at radius 2 is 2.50 bits per heavy atom. The molecule has 1 aliphatic carbocycles. The monoisotopic (exact) mass is 221 g/mol. The van der Waals surface area contributed by atoms with Crippen LogP contribution >= 0.6 is 0 Å². The maximum atomic E-state index is 5.78. The van der Waals surface area contributed by atoms with Crippen molar-refractivity contribution in [3.63, 3.8) is 0 Å². The summed E-state index contributed by atoms with van der Waals surface area (Å²) in [6.07, 6.45) is 7.58. The first-order valence-corrected chi connectivity index (χ1v) is 5.74. The molecule has 5 heteroatoms. The number of rotatable bonds is 4. The molecule has 0 spiro atoms. The number of hydrogen-bond donors (Lipinski definition) is 2. The lowest BCUT2D eigenvalue weighted by Crippen LogP contribution is -2.37. The third-order valence-corrected chi connectivity index (χ3v) is 3.12. The normalized spacial score (nSPS) is 17.2. The molecule has 0 amide bonds. The Morgan fingerprint density at radius 1 is 1.69 bits per heavy atom. The highest BCUT2D eigenvalue weighted by Crippen LogP contribution is 2.24. The highest BCUT2D eigenvalue weighted by molar-refractivity contribution is 5.77. The van der Waals surface area contributed by atoms with Crippen LogP contribution in [0.2, 0.25) is 0 Å². The Labute approximate surface area is 95.8 Å². The van der Waals surface area contributed by atoms with E-state index in [9.17, 15) is 0 Å². The molecule has 1 aromatic heterocycles. The molecule has 5 nitrogen and oxygen atoms in total. The van der Waals surface area contributed by atoms with E-state index in [1.165, 1.54) is 19.3 Å². The summed E-state index contributed by atoms with van der Waals surface area (Å²) in [5.74, 6) is 1.33. The van der Waals surface area contributed by atoms with Crippen LogP contribution in [-0.2, 0) is 13.6 Å². The number of nitrogens with zero attached hydrogens (tertiary/aromatic N) is 3. The van der Waals surface area contributed by atoms with Gasteiger partial charge in [-0.25, -0.2) is 9.98 Å². The predicted molar refractivity (Wildman–Crippen MR) is 63.9 cm³/mol. The van der Waals surface area contributed by atoms with E-state index < -0.39 is 0 Å². The molecule has 16 heavy (non-hydrogen) atoms. The smallest absolute Gasteiger partial charge is 0.188 e. The van der Waals surface area contributed by atoms with Crippen molar-refractivity contribution in [2.75, 3.05) is 6.54 Å². The predicted octanol–water partition coefficient (Wildman–Crippen LogP) is 0.624. The van der Waals surface area contributed by atoms with E-state index >= 15 is 0 Å². The second kappa shape index (κ2) is 5.01. The summed E-state index contributed by atoms with van der Waals surface area (Å²) in [4.78, 5) is 8.31. The Bertz CT molecular complexity index is 364. The Kier molecular flexibility index (Phi) is 3.44. The minimum absolute atomic E-state index is 0.535. The van der Waals surface area contributed by atoms with Crippen molar-refractivity contribution in [3.05, 3.63) is 18.2 Å². The first-order chi connectivity index (χ1) is 7.75. The quantitative estimate of drug-likeness (QED) is 0.578. The summed E-state index contributed by atoms with van der Waals surface area (Å²) < 4.78 is 1.95. The van der Waals surface area contributed by atoms with Crippen molar-refractivity contribution in [3.8, 4) is 0 Å². The highest BCUT2D eigenvalue weighted by Gasteiger charge is 2.16. The standard InChI is InChI=1S/C11H19N5/c1-16-8-13-6-10(16)7-15-11(12)14-5-9-3-2-4-9/h6,8-9H,2-5,7H2,1H3,(H3,12,14,15). The number of nitrogens with two attached hydrogens (primary N) is 1. The second-order valence-electron chi connectivity index (χ2n) is 4.38. The fraction of sp³-hybridized carbons (Fsp3) is 0.636. The van der Waals surface area contributed by atoms with E-state index in [0.29, 0.717) is 12.5 Å². The lowest BCUT2D eigenvalue weighted by atomic mass is 9.85. The van der Waals surface area contributed by atoms with Gasteiger partial charge in [0, 0.05) is 13.6 Å². The number of aliphatic imine (C=N–C) groups is 1. The van der Waals surface area contributed by atoms with Gasteiger partial charge in [0.15, 0.2) is 5.96 Å². The number of hydrogen-bond acceptors (Lipinski definition) is 2. The van der Waals surface area contributed by atoms with Gasteiger partial charge >= 0.3 is 0 Å². The molecular formula is C11H19N5. The summed E-state index contributed by atoms with van der Waals surface area (Å²) in [5, 5.41) is 3.16. The van der Waals surface area contributed by atoms with E-state index in [1.54, 1.807) is 6.33 Å². The summed E-state index contributed by atoms with van der Waals surface area (Å²) in [5.41, 5.74) is 6.84. The lowest BCUT2D eigenvalue weighted by Gasteiger charge is -2.25. The number of aryl methyl sites for hydroxylation is 1. The van der Waals surface area contributed by atoms with Crippen molar-refractivity contribution < 1.29 is 0 Å². The Balaban J connectivity index is 1.75. The minimum atomic E-state index is 0.535. The summed E-state index contributed by atoms with van der Waals surface area (Å²) in [6.45, 7) is 1.54. The molecule has 0 radical (unpaired) electrons. The summed E-state index contributed by atoms with van der Waals surface area (Å²) in [7, 11) is 1.95. The zero-order valence-corrected chi connectivity index (χ0v) is 9.69. The van der Waals surface area contributed by atoms with Crippen LogP contribution in [0, 0.1) is 5.92 Å². The van der Waals surface area contributed by atoms with Crippen LogP contribution in [0.5, 0.6) is 0 Å². The number of guanidine groups is 1. The maximum absolute atomic E-state index is 5.78. The molecule has 0 aromatic carbocycles. The summed E-state index contributed by atoms with van der Waals surface area (Å²) in [6, 6.07) is 0. The third kappa shape index (κ3) is 2.74. The van der Waals surface area contributed by atoms with Crippen molar-refractivity contribution in [2.45, 2.75) is 25.8 Å². The van der Waals surface area contributed by atoms with Crippen molar-refractivity contribution in [1.29, 1.82) is 0 Å². The van der Waals surface area contributed by atoms with Gasteiger partial charge in [-0.15, -0.1) is 0 Å². The molecular weight excluding hydrogens is 202 g/mol. The topological polar surface area (TPSA) is 68.2 Å².